The van der Waals surface area contributed by atoms with Crippen molar-refractivity contribution in [2.45, 2.75) is 64.1 Å². The van der Waals surface area contributed by atoms with Crippen molar-refractivity contribution in [1.29, 1.82) is 0 Å². The van der Waals surface area contributed by atoms with Gasteiger partial charge in [0.05, 0.1) is 0 Å². The molecule has 0 bridgehead atoms. The van der Waals surface area contributed by atoms with E-state index in [1.54, 1.807) is 0 Å². The maximum Gasteiger partial charge on any atom is 0.226 e. The lowest BCUT2D eigenvalue weighted by molar-refractivity contribution is -0.140. The fraction of sp³-hybridized carbons (Fsp3) is 0.632. The Labute approximate surface area is 133 Å². The van der Waals surface area contributed by atoms with E-state index in [0.717, 1.165) is 32.2 Å². The average Bonchev–Trinajstić information content (AvgIpc) is 3.37. The van der Waals surface area contributed by atoms with Gasteiger partial charge >= 0.3 is 0 Å². The second-order valence-corrected chi connectivity index (χ2v) is 7.15. The van der Waals surface area contributed by atoms with Crippen LogP contribution in [0, 0.1) is 11.8 Å². The van der Waals surface area contributed by atoms with Crippen LogP contribution in [0.4, 0.5) is 0 Å². The van der Waals surface area contributed by atoms with Gasteiger partial charge in [0.1, 0.15) is 0 Å². The maximum absolute atomic E-state index is 13.1. The van der Waals surface area contributed by atoms with Crippen molar-refractivity contribution in [2.75, 3.05) is 0 Å². The van der Waals surface area contributed by atoms with Crippen molar-refractivity contribution in [3.63, 3.8) is 0 Å². The van der Waals surface area contributed by atoms with Crippen LogP contribution in [0.2, 0.25) is 0 Å². The number of rotatable bonds is 5. The normalized spacial score (nSPS) is 26.5. The molecule has 3 atom stereocenters. The van der Waals surface area contributed by atoms with Gasteiger partial charge in [-0.15, -0.1) is 0 Å². The monoisotopic (exact) mass is 300 g/mol. The molecular weight excluding hydrogens is 272 g/mol. The first kappa shape index (κ1) is 15.5. The third-order valence-corrected chi connectivity index (χ3v) is 5.34. The Bertz CT molecular complexity index is 497. The zero-order valence-electron chi connectivity index (χ0n) is 13.6. The number of hydrogen-bond acceptors (Lipinski definition) is 2. The number of benzene rings is 1. The summed E-state index contributed by atoms with van der Waals surface area (Å²) in [5.41, 5.74) is 7.32. The first-order chi connectivity index (χ1) is 10.6. The molecule has 120 valence electrons. The Kier molecular flexibility index (Phi) is 4.82. The molecule has 3 unspecified atom stereocenters. The van der Waals surface area contributed by atoms with Crippen LogP contribution in [0.15, 0.2) is 30.3 Å². The number of nitrogens with two attached hydrogens (primary N) is 1. The van der Waals surface area contributed by atoms with Crippen molar-refractivity contribution >= 4 is 5.91 Å². The predicted octanol–water partition coefficient (Wildman–Crippen LogP) is 3.33. The Morgan fingerprint density at radius 2 is 1.95 bits per heavy atom. The highest BCUT2D eigenvalue weighted by Crippen LogP contribution is 2.37. The smallest absolute Gasteiger partial charge is 0.226 e. The maximum atomic E-state index is 13.1. The third kappa shape index (κ3) is 3.70. The van der Waals surface area contributed by atoms with Crippen LogP contribution in [0.3, 0.4) is 0 Å². The molecule has 22 heavy (non-hydrogen) atoms. The van der Waals surface area contributed by atoms with Gasteiger partial charge in [-0.3, -0.25) is 4.79 Å². The number of amides is 1. The second-order valence-electron chi connectivity index (χ2n) is 7.15. The molecule has 1 amide bonds. The molecule has 0 aliphatic heterocycles. The third-order valence-electron chi connectivity index (χ3n) is 5.34. The van der Waals surface area contributed by atoms with Gasteiger partial charge in [0, 0.05) is 24.5 Å². The Balaban J connectivity index is 1.73. The van der Waals surface area contributed by atoms with Crippen molar-refractivity contribution in [3.05, 3.63) is 35.9 Å². The molecule has 1 aromatic rings. The topological polar surface area (TPSA) is 46.3 Å². The van der Waals surface area contributed by atoms with Crippen molar-refractivity contribution < 1.29 is 4.79 Å². The summed E-state index contributed by atoms with van der Waals surface area (Å²) >= 11 is 0. The van der Waals surface area contributed by atoms with E-state index in [1.165, 1.54) is 18.4 Å². The van der Waals surface area contributed by atoms with Gasteiger partial charge in [-0.05, 0) is 50.5 Å². The van der Waals surface area contributed by atoms with Gasteiger partial charge in [-0.1, -0.05) is 36.8 Å². The quantitative estimate of drug-likeness (QED) is 0.906. The first-order valence-corrected chi connectivity index (χ1v) is 8.75. The zero-order chi connectivity index (χ0) is 15.5. The molecule has 2 saturated carbocycles. The zero-order valence-corrected chi connectivity index (χ0v) is 13.6. The molecule has 2 N–H and O–H groups in total. The summed E-state index contributed by atoms with van der Waals surface area (Å²) in [6, 6.07) is 10.9. The molecule has 0 heterocycles. The largest absolute Gasteiger partial charge is 0.335 e. The van der Waals surface area contributed by atoms with E-state index in [0.29, 0.717) is 17.9 Å². The van der Waals surface area contributed by atoms with Crippen LogP contribution in [0.1, 0.15) is 51.0 Å². The van der Waals surface area contributed by atoms with Gasteiger partial charge < -0.3 is 10.6 Å². The summed E-state index contributed by atoms with van der Waals surface area (Å²) in [6.45, 7) is 2.96. The van der Waals surface area contributed by atoms with Crippen LogP contribution >= 0.6 is 0 Å². The standard InChI is InChI=1S/C19H28N2O/c1-14(16-10-11-16)21(13-15-6-3-2-4-7-15)19(22)17-8-5-9-18(20)12-17/h2-4,6-7,14,16-18H,5,8-13,20H2,1H3. The lowest BCUT2D eigenvalue weighted by Gasteiger charge is -2.35. The van der Waals surface area contributed by atoms with Gasteiger partial charge in [0.15, 0.2) is 0 Å². The van der Waals surface area contributed by atoms with E-state index >= 15 is 0 Å². The highest BCUT2D eigenvalue weighted by molar-refractivity contribution is 5.79. The minimum atomic E-state index is 0.133. The molecule has 2 fully saturated rings. The summed E-state index contributed by atoms with van der Waals surface area (Å²) in [5, 5.41) is 0. The van der Waals surface area contributed by atoms with Crippen molar-refractivity contribution in [3.8, 4) is 0 Å². The summed E-state index contributed by atoms with van der Waals surface area (Å²) in [4.78, 5) is 15.2. The molecule has 0 radical (unpaired) electrons. The first-order valence-electron chi connectivity index (χ1n) is 8.75. The summed E-state index contributed by atoms with van der Waals surface area (Å²) in [7, 11) is 0. The number of carbonyl (C=O) groups is 1. The molecule has 3 rings (SSSR count). The van der Waals surface area contributed by atoms with E-state index in [2.05, 4.69) is 36.1 Å². The van der Waals surface area contributed by atoms with E-state index in [1.807, 2.05) is 6.07 Å². The molecule has 1 aromatic carbocycles. The summed E-state index contributed by atoms with van der Waals surface area (Å²) in [5.74, 6) is 1.16. The number of hydrogen-bond donors (Lipinski definition) is 1. The Hall–Kier alpha value is -1.35. The highest BCUT2D eigenvalue weighted by atomic mass is 16.2. The van der Waals surface area contributed by atoms with E-state index in [9.17, 15) is 4.79 Å². The minimum Gasteiger partial charge on any atom is -0.335 e. The van der Waals surface area contributed by atoms with Crippen molar-refractivity contribution in [2.24, 2.45) is 17.6 Å². The molecule has 3 nitrogen and oxygen atoms in total. The molecule has 0 spiro atoms. The van der Waals surface area contributed by atoms with E-state index < -0.39 is 0 Å². The van der Waals surface area contributed by atoms with E-state index in [-0.39, 0.29) is 12.0 Å². The average molecular weight is 300 g/mol. The lowest BCUT2D eigenvalue weighted by Crippen LogP contribution is -2.45. The molecule has 2 aliphatic carbocycles. The number of carbonyl (C=O) groups excluding carboxylic acids is 1. The van der Waals surface area contributed by atoms with E-state index in [4.69, 9.17) is 5.73 Å². The molecule has 0 saturated heterocycles. The summed E-state index contributed by atoms with van der Waals surface area (Å²) in [6.07, 6.45) is 6.57. The molecule has 2 aliphatic rings. The Morgan fingerprint density at radius 3 is 2.59 bits per heavy atom. The molecule has 0 aromatic heterocycles. The summed E-state index contributed by atoms with van der Waals surface area (Å²) < 4.78 is 0. The molecular formula is C19H28N2O. The minimum absolute atomic E-state index is 0.133. The van der Waals surface area contributed by atoms with Gasteiger partial charge in [-0.25, -0.2) is 0 Å². The van der Waals surface area contributed by atoms with Crippen LogP contribution in [0.25, 0.3) is 0 Å². The fourth-order valence-corrected chi connectivity index (χ4v) is 3.72. The predicted molar refractivity (Wildman–Crippen MR) is 89.1 cm³/mol. The van der Waals surface area contributed by atoms with Gasteiger partial charge in [0.25, 0.3) is 0 Å². The van der Waals surface area contributed by atoms with Crippen LogP contribution in [0.5, 0.6) is 0 Å². The SMILES string of the molecule is CC(C1CC1)N(Cc1ccccc1)C(=O)C1CCCC(N)C1. The number of nitrogens with zero attached hydrogens (tertiary/aromatic N) is 1. The second kappa shape index (κ2) is 6.82. The van der Waals surface area contributed by atoms with Gasteiger partial charge in [-0.2, -0.15) is 0 Å². The van der Waals surface area contributed by atoms with Crippen molar-refractivity contribution in [1.82, 2.24) is 4.90 Å². The highest BCUT2D eigenvalue weighted by Gasteiger charge is 2.37. The van der Waals surface area contributed by atoms with Gasteiger partial charge in [0.2, 0.25) is 5.91 Å². The van der Waals surface area contributed by atoms with Crippen LogP contribution in [-0.2, 0) is 11.3 Å². The van der Waals surface area contributed by atoms with Crippen LogP contribution < -0.4 is 5.73 Å². The van der Waals surface area contributed by atoms with Crippen LogP contribution in [-0.4, -0.2) is 22.9 Å². The lowest BCUT2D eigenvalue weighted by atomic mass is 9.85. The molecule has 3 heteroatoms. The fourth-order valence-electron chi connectivity index (χ4n) is 3.72. The Morgan fingerprint density at radius 1 is 1.23 bits per heavy atom.